The summed E-state index contributed by atoms with van der Waals surface area (Å²) >= 11 is 0.840. The van der Waals surface area contributed by atoms with E-state index in [1.54, 1.807) is 36.4 Å². The number of nitrogens with zero attached hydrogens (tertiary/aromatic N) is 4. The summed E-state index contributed by atoms with van der Waals surface area (Å²) in [5.74, 6) is -3.84. The number of aliphatic carboxylic acids is 1. The fourth-order valence-electron chi connectivity index (χ4n) is 6.45. The second-order valence-electron chi connectivity index (χ2n) is 17.1. The van der Waals surface area contributed by atoms with Crippen molar-refractivity contribution in [3.63, 3.8) is 0 Å². The molecule has 396 valence electrons. The Bertz CT molecular complexity index is 2480. The molecule has 4 rings (SSSR count). The number of carbonyl (C=O) groups excluding carboxylic acids is 5. The molecule has 1 saturated heterocycles. The fraction of sp³-hybridized carbons (Fsp3) is 0.542. The monoisotopic (exact) mass is 1050 g/mol. The number of hydrogen-bond donors (Lipinski definition) is 5. The Kier molecular flexibility index (Phi) is 23.0. The van der Waals surface area contributed by atoms with Crippen LogP contribution in [0.3, 0.4) is 0 Å². The van der Waals surface area contributed by atoms with Crippen molar-refractivity contribution in [2.75, 3.05) is 57.9 Å². The number of nitrogens with one attached hydrogen (secondary N) is 3. The zero-order valence-corrected chi connectivity index (χ0v) is 43.3. The zero-order chi connectivity index (χ0) is 52.8. The Hall–Kier alpha value is -6.53. The third-order valence-corrected chi connectivity index (χ3v) is 12.4. The smallest absolute Gasteiger partial charge is 0.362 e. The predicted octanol–water partition coefficient (Wildman–Crippen LogP) is 5.86. The molecule has 0 radical (unpaired) electrons. The van der Waals surface area contributed by atoms with E-state index >= 15 is 0 Å². The van der Waals surface area contributed by atoms with E-state index in [0.717, 1.165) is 70.1 Å². The number of anilines is 1. The maximum Gasteiger partial charge on any atom is 0.362 e. The van der Waals surface area contributed by atoms with Gasteiger partial charge in [0.15, 0.2) is 33.8 Å². The van der Waals surface area contributed by atoms with Crippen LogP contribution in [0.4, 0.5) is 5.13 Å². The minimum Gasteiger partial charge on any atom is -0.490 e. The van der Waals surface area contributed by atoms with Crippen LogP contribution in [0.25, 0.3) is 0 Å². The first kappa shape index (κ1) is 58.0. The molecule has 0 aliphatic carbocycles. The van der Waals surface area contributed by atoms with Gasteiger partial charge in [0, 0.05) is 18.5 Å². The molecular weight excluding hydrogens is 979 g/mol. The van der Waals surface area contributed by atoms with Gasteiger partial charge in [0.25, 0.3) is 23.6 Å². The van der Waals surface area contributed by atoms with Gasteiger partial charge in [0.05, 0.1) is 44.1 Å². The van der Waals surface area contributed by atoms with E-state index in [9.17, 15) is 46.8 Å². The van der Waals surface area contributed by atoms with Crippen molar-refractivity contribution in [2.45, 2.75) is 117 Å². The highest BCUT2D eigenvalue weighted by atomic mass is 32.2. The molecular formula is C48H67N7O15S2. The number of β-lactam (4-membered cyclic amide) rings is 1. The van der Waals surface area contributed by atoms with E-state index in [2.05, 4.69) is 33.0 Å². The number of benzene rings is 2. The second-order valence-corrected chi connectivity index (χ2v) is 19.3. The summed E-state index contributed by atoms with van der Waals surface area (Å²) in [6, 6.07) is 8.75. The molecule has 0 saturated carbocycles. The highest BCUT2D eigenvalue weighted by molar-refractivity contribution is 7.84. The molecule has 0 unspecified atom stereocenters. The van der Waals surface area contributed by atoms with Gasteiger partial charge in [-0.3, -0.25) is 28.5 Å². The van der Waals surface area contributed by atoms with Crippen LogP contribution in [0.2, 0.25) is 0 Å². The number of carbonyl (C=O) groups is 6. The lowest BCUT2D eigenvalue weighted by molar-refractivity contribution is -0.161. The normalized spacial score (nSPS) is 13.7. The van der Waals surface area contributed by atoms with Crippen LogP contribution in [0.1, 0.15) is 132 Å². The van der Waals surface area contributed by atoms with Crippen LogP contribution in [0, 0.1) is 0 Å². The number of hydrogen-bond acceptors (Lipinski definition) is 16. The van der Waals surface area contributed by atoms with Gasteiger partial charge >= 0.3 is 16.3 Å². The number of unbranched alkanes of at least 4 members (excludes halogenated alkanes) is 5. The quantitative estimate of drug-likeness (QED) is 0.0157. The lowest BCUT2D eigenvalue weighted by Crippen LogP contribution is -2.65. The summed E-state index contributed by atoms with van der Waals surface area (Å²) in [5, 5.41) is 22.3. The standard InChI is InChI=1S/C48H67N7O15S2/c1-7-11-25-66-36-21-17-19-32(40(36)68-27-13-9-3)42(57)49-23-15-16-24-54(44(59)33-20-18-22-37(67-26-12-8-2)41(33)69-28-14-10-4)30-38(56)52-47-51-35(31-71-47)39(53-70-48(5,6)46(61)62)43(58)50-34-29-55(45(34)60)72(63,64)65/h17-22,31,34H,7-16,23-30H2,1-6H3,(H,49,57)(H,50,58)(H,61,62)(H,51,52,56)(H,63,64,65)/b53-39-/t34-/m0/s1. The molecule has 5 amide bonds. The molecule has 0 bridgehead atoms. The molecule has 1 aliphatic rings. The van der Waals surface area contributed by atoms with Gasteiger partial charge < -0.3 is 49.7 Å². The molecule has 1 fully saturated rings. The van der Waals surface area contributed by atoms with E-state index in [1.165, 1.54) is 10.3 Å². The lowest BCUT2D eigenvalue weighted by atomic mass is 10.1. The van der Waals surface area contributed by atoms with E-state index in [-0.39, 0.29) is 45.4 Å². The van der Waals surface area contributed by atoms with Gasteiger partial charge in [0.1, 0.15) is 18.3 Å². The van der Waals surface area contributed by atoms with E-state index in [1.807, 2.05) is 20.8 Å². The minimum absolute atomic E-state index is 0.0509. The molecule has 72 heavy (non-hydrogen) atoms. The Morgan fingerprint density at radius 1 is 0.833 bits per heavy atom. The maximum atomic E-state index is 14.6. The molecule has 2 heterocycles. The topological polar surface area (TPSA) is 291 Å². The van der Waals surface area contributed by atoms with Crippen LogP contribution in [0.15, 0.2) is 46.9 Å². The van der Waals surface area contributed by atoms with Gasteiger partial charge in [0.2, 0.25) is 11.5 Å². The summed E-state index contributed by atoms with van der Waals surface area (Å²) in [7, 11) is -4.87. The number of thiazole rings is 1. The molecule has 1 atom stereocenters. The average molecular weight is 1050 g/mol. The van der Waals surface area contributed by atoms with E-state index in [4.69, 9.17) is 23.8 Å². The number of rotatable bonds is 33. The van der Waals surface area contributed by atoms with Crippen LogP contribution >= 0.6 is 11.3 Å². The number of carboxylic acid groups (broad SMARTS) is 1. The first-order valence-corrected chi connectivity index (χ1v) is 26.3. The molecule has 0 spiro atoms. The molecule has 24 heteroatoms. The summed E-state index contributed by atoms with van der Waals surface area (Å²) in [5.41, 5.74) is -2.32. The van der Waals surface area contributed by atoms with E-state index < -0.39 is 70.3 Å². The molecule has 1 aliphatic heterocycles. The largest absolute Gasteiger partial charge is 0.490 e. The number of aromatic nitrogens is 1. The van der Waals surface area contributed by atoms with Gasteiger partial charge in [-0.15, -0.1) is 11.3 Å². The fourth-order valence-corrected chi connectivity index (χ4v) is 7.86. The lowest BCUT2D eigenvalue weighted by Gasteiger charge is -2.35. The van der Waals surface area contributed by atoms with Crippen LogP contribution in [0.5, 0.6) is 23.0 Å². The zero-order valence-electron chi connectivity index (χ0n) is 41.7. The third-order valence-electron chi connectivity index (χ3n) is 10.8. The van der Waals surface area contributed by atoms with Gasteiger partial charge in [-0.2, -0.15) is 8.42 Å². The van der Waals surface area contributed by atoms with E-state index in [0.29, 0.717) is 68.5 Å². The van der Waals surface area contributed by atoms with Crippen molar-refractivity contribution in [2.24, 2.45) is 5.16 Å². The van der Waals surface area contributed by atoms with Crippen molar-refractivity contribution in [3.8, 4) is 23.0 Å². The number of para-hydroxylation sites is 2. The summed E-state index contributed by atoms with van der Waals surface area (Å²) in [6.07, 6.45) is 7.38. The van der Waals surface area contributed by atoms with Crippen LogP contribution in [-0.4, -0.2) is 138 Å². The molecule has 3 aromatic rings. The SMILES string of the molecule is CCCCOc1cccc(C(=O)NCCCCN(CC(=O)Nc2nc(/C(=N/OC(C)(C)C(=O)O)C(=O)N[C@H]3CN(S(=O)(=O)O)C3=O)cs2)C(=O)c2cccc(OCCCC)c2OCCCC)c1OCCCC. The Morgan fingerprint density at radius 3 is 1.93 bits per heavy atom. The third kappa shape index (κ3) is 17.1. The molecule has 2 aromatic carbocycles. The number of carboxylic acids is 1. The Labute approximate surface area is 424 Å². The summed E-state index contributed by atoms with van der Waals surface area (Å²) in [4.78, 5) is 90.4. The highest BCUT2D eigenvalue weighted by Crippen LogP contribution is 2.34. The molecule has 1 aromatic heterocycles. The second kappa shape index (κ2) is 28.5. The van der Waals surface area contributed by atoms with Crippen molar-refractivity contribution in [3.05, 3.63) is 58.6 Å². The van der Waals surface area contributed by atoms with Crippen LogP contribution in [-0.2, 0) is 34.3 Å². The molecule has 22 nitrogen and oxygen atoms in total. The summed E-state index contributed by atoms with van der Waals surface area (Å²) in [6.45, 7) is 11.2. The highest BCUT2D eigenvalue weighted by Gasteiger charge is 2.45. The number of ether oxygens (including phenoxy) is 4. The Balaban J connectivity index is 1.57. The summed E-state index contributed by atoms with van der Waals surface area (Å²) < 4.78 is 56.5. The van der Waals surface area contributed by atoms with Crippen molar-refractivity contribution in [1.29, 1.82) is 0 Å². The maximum absolute atomic E-state index is 14.6. The predicted molar refractivity (Wildman–Crippen MR) is 267 cm³/mol. The minimum atomic E-state index is -4.87. The van der Waals surface area contributed by atoms with Gasteiger partial charge in [-0.05, 0) is 76.6 Å². The first-order chi connectivity index (χ1) is 34.4. The van der Waals surface area contributed by atoms with Gasteiger partial charge in [-0.25, -0.2) is 14.1 Å². The number of amides is 5. The average Bonchev–Trinajstić information content (AvgIpc) is 3.79. The molecule has 5 N–H and O–H groups in total. The Morgan fingerprint density at radius 2 is 1.39 bits per heavy atom. The van der Waals surface area contributed by atoms with Crippen molar-refractivity contribution >= 4 is 68.0 Å². The van der Waals surface area contributed by atoms with Crippen LogP contribution < -0.4 is 34.9 Å². The first-order valence-electron chi connectivity index (χ1n) is 24.1. The van der Waals surface area contributed by atoms with Gasteiger partial charge in [-0.1, -0.05) is 70.7 Å². The van der Waals surface area contributed by atoms with Crippen molar-refractivity contribution < 1.29 is 70.6 Å². The van der Waals surface area contributed by atoms with Crippen molar-refractivity contribution in [1.82, 2.24) is 24.8 Å². The number of oxime groups is 1.